The fraction of sp³-hybridized carbons (Fsp3) is 0.538. The van der Waals surface area contributed by atoms with Crippen LogP contribution in [0.25, 0.3) is 0 Å². The molecule has 7 heteroatoms. The van der Waals surface area contributed by atoms with Gasteiger partial charge in [-0.1, -0.05) is 15.9 Å². The van der Waals surface area contributed by atoms with E-state index in [2.05, 4.69) is 21.2 Å². The van der Waals surface area contributed by atoms with Crippen LogP contribution in [0, 0.1) is 5.92 Å². The molecular weight excluding hydrogens is 366 g/mol. The summed E-state index contributed by atoms with van der Waals surface area (Å²) < 4.78 is 29.0. The zero-order valence-corrected chi connectivity index (χ0v) is 14.5. The molecule has 20 heavy (non-hydrogen) atoms. The van der Waals surface area contributed by atoms with Crippen molar-refractivity contribution in [1.29, 1.82) is 0 Å². The van der Waals surface area contributed by atoms with Crippen molar-refractivity contribution in [3.05, 3.63) is 28.2 Å². The fourth-order valence-electron chi connectivity index (χ4n) is 2.33. The maximum absolute atomic E-state index is 11.4. The highest BCUT2D eigenvalue weighted by Gasteiger charge is 2.27. The molecule has 1 N–H and O–H groups in total. The molecule has 0 radical (unpaired) electrons. The summed E-state index contributed by atoms with van der Waals surface area (Å²) in [6, 6.07) is 5.87. The van der Waals surface area contributed by atoms with Crippen molar-refractivity contribution in [1.82, 2.24) is 5.32 Å². The average molecular weight is 385 g/mol. The van der Waals surface area contributed by atoms with Gasteiger partial charge < -0.3 is 10.1 Å². The van der Waals surface area contributed by atoms with E-state index in [1.165, 1.54) is 0 Å². The van der Waals surface area contributed by atoms with E-state index in [9.17, 15) is 8.42 Å². The van der Waals surface area contributed by atoms with Gasteiger partial charge in [0.05, 0.1) is 18.6 Å². The van der Waals surface area contributed by atoms with E-state index in [1.54, 1.807) is 7.11 Å². The standard InChI is InChI=1S/C13H18BrNO3S.ClH/c1-18-13-3-2-12(14)6-11(13)8-15-7-10-4-5-19(16,17)9-10;/h2-3,6,10,15H,4-5,7-9H2,1H3;1H. The Kier molecular flexibility index (Phi) is 6.78. The molecule has 0 aromatic heterocycles. The van der Waals surface area contributed by atoms with E-state index >= 15 is 0 Å². The first-order valence-electron chi connectivity index (χ1n) is 6.24. The second-order valence-electron chi connectivity index (χ2n) is 4.86. The van der Waals surface area contributed by atoms with Crippen LogP contribution in [-0.4, -0.2) is 33.6 Å². The van der Waals surface area contributed by atoms with Crippen molar-refractivity contribution in [2.75, 3.05) is 25.2 Å². The third kappa shape index (κ3) is 4.91. The molecule has 0 saturated carbocycles. The van der Waals surface area contributed by atoms with Gasteiger partial charge >= 0.3 is 0 Å². The minimum Gasteiger partial charge on any atom is -0.496 e. The number of rotatable bonds is 5. The fourth-order valence-corrected chi connectivity index (χ4v) is 4.60. The van der Waals surface area contributed by atoms with E-state index in [-0.39, 0.29) is 18.3 Å². The summed E-state index contributed by atoms with van der Waals surface area (Å²) in [5.41, 5.74) is 1.07. The molecule has 1 aliphatic rings. The molecular formula is C13H19BrClNO3S. The first-order chi connectivity index (χ1) is 9.00. The van der Waals surface area contributed by atoms with Gasteiger partial charge in [-0.15, -0.1) is 12.4 Å². The normalized spacial score (nSPS) is 20.4. The summed E-state index contributed by atoms with van der Waals surface area (Å²) in [5.74, 6) is 1.73. The van der Waals surface area contributed by atoms with Crippen LogP contribution in [0.1, 0.15) is 12.0 Å². The van der Waals surface area contributed by atoms with E-state index in [0.29, 0.717) is 18.1 Å². The number of ether oxygens (including phenoxy) is 1. The van der Waals surface area contributed by atoms with Crippen molar-refractivity contribution >= 4 is 38.2 Å². The van der Waals surface area contributed by atoms with Crippen molar-refractivity contribution < 1.29 is 13.2 Å². The van der Waals surface area contributed by atoms with Crippen LogP contribution in [0.3, 0.4) is 0 Å². The van der Waals surface area contributed by atoms with Crippen LogP contribution in [-0.2, 0) is 16.4 Å². The molecule has 1 aromatic carbocycles. The summed E-state index contributed by atoms with van der Waals surface area (Å²) in [6.07, 6.45) is 0.769. The Hall–Kier alpha value is -0.300. The van der Waals surface area contributed by atoms with Crippen LogP contribution in [0.4, 0.5) is 0 Å². The minimum absolute atomic E-state index is 0. The third-order valence-electron chi connectivity index (χ3n) is 3.32. The predicted molar refractivity (Wildman–Crippen MR) is 86.4 cm³/mol. The van der Waals surface area contributed by atoms with Gasteiger partial charge in [0.2, 0.25) is 0 Å². The first-order valence-corrected chi connectivity index (χ1v) is 8.85. The average Bonchev–Trinajstić information content (AvgIpc) is 2.69. The zero-order chi connectivity index (χ0) is 13.9. The number of halogens is 2. The lowest BCUT2D eigenvalue weighted by molar-refractivity contribution is 0.406. The number of hydrogen-bond acceptors (Lipinski definition) is 4. The van der Waals surface area contributed by atoms with Crippen LogP contribution in [0.5, 0.6) is 5.75 Å². The summed E-state index contributed by atoms with van der Waals surface area (Å²) in [7, 11) is -1.13. The highest BCUT2D eigenvalue weighted by Crippen LogP contribution is 2.23. The minimum atomic E-state index is -2.78. The molecule has 1 fully saturated rings. The van der Waals surface area contributed by atoms with Gasteiger partial charge in [0, 0.05) is 16.6 Å². The molecule has 4 nitrogen and oxygen atoms in total. The summed E-state index contributed by atoms with van der Waals surface area (Å²) in [4.78, 5) is 0. The lowest BCUT2D eigenvalue weighted by Gasteiger charge is -2.12. The molecule has 1 aliphatic heterocycles. The first kappa shape index (κ1) is 17.8. The lowest BCUT2D eigenvalue weighted by atomic mass is 10.1. The topological polar surface area (TPSA) is 55.4 Å². The van der Waals surface area contributed by atoms with Gasteiger partial charge in [-0.05, 0) is 37.1 Å². The van der Waals surface area contributed by atoms with E-state index < -0.39 is 9.84 Å². The molecule has 1 unspecified atom stereocenters. The van der Waals surface area contributed by atoms with Crippen LogP contribution >= 0.6 is 28.3 Å². The molecule has 2 rings (SSSR count). The Morgan fingerprint density at radius 3 is 2.80 bits per heavy atom. The van der Waals surface area contributed by atoms with Gasteiger partial charge in [0.1, 0.15) is 5.75 Å². The molecule has 0 amide bonds. The van der Waals surface area contributed by atoms with Gasteiger partial charge in [0.15, 0.2) is 9.84 Å². The van der Waals surface area contributed by atoms with Crippen LogP contribution < -0.4 is 10.1 Å². The van der Waals surface area contributed by atoms with Gasteiger partial charge in [-0.2, -0.15) is 0 Å². The smallest absolute Gasteiger partial charge is 0.150 e. The lowest BCUT2D eigenvalue weighted by Crippen LogP contribution is -2.23. The third-order valence-corrected chi connectivity index (χ3v) is 5.65. The SMILES string of the molecule is COc1ccc(Br)cc1CNCC1CCS(=O)(=O)C1.Cl. The molecule has 0 bridgehead atoms. The number of hydrogen-bond donors (Lipinski definition) is 1. The van der Waals surface area contributed by atoms with Crippen molar-refractivity contribution in [3.8, 4) is 5.75 Å². The van der Waals surface area contributed by atoms with Crippen molar-refractivity contribution in [2.24, 2.45) is 5.92 Å². The number of benzene rings is 1. The molecule has 1 heterocycles. The Labute approximate surface area is 134 Å². The van der Waals surface area contributed by atoms with E-state index in [0.717, 1.165) is 28.8 Å². The largest absolute Gasteiger partial charge is 0.496 e. The maximum atomic E-state index is 11.4. The Morgan fingerprint density at radius 2 is 2.20 bits per heavy atom. The zero-order valence-electron chi connectivity index (χ0n) is 11.3. The quantitative estimate of drug-likeness (QED) is 0.847. The number of sulfone groups is 1. The van der Waals surface area contributed by atoms with Gasteiger partial charge in [-0.3, -0.25) is 0 Å². The summed E-state index contributed by atoms with van der Waals surface area (Å²) in [5, 5.41) is 3.32. The summed E-state index contributed by atoms with van der Waals surface area (Å²) in [6.45, 7) is 1.41. The molecule has 0 aliphatic carbocycles. The Balaban J connectivity index is 0.00000200. The second kappa shape index (κ2) is 7.64. The molecule has 114 valence electrons. The molecule has 1 aromatic rings. The monoisotopic (exact) mass is 383 g/mol. The predicted octanol–water partition coefficient (Wildman–Crippen LogP) is 2.40. The van der Waals surface area contributed by atoms with Crippen molar-refractivity contribution in [2.45, 2.75) is 13.0 Å². The van der Waals surface area contributed by atoms with Crippen molar-refractivity contribution in [3.63, 3.8) is 0 Å². The number of methoxy groups -OCH3 is 1. The molecule has 1 saturated heterocycles. The van der Waals surface area contributed by atoms with Gasteiger partial charge in [-0.25, -0.2) is 8.42 Å². The van der Waals surface area contributed by atoms with Gasteiger partial charge in [0.25, 0.3) is 0 Å². The molecule has 1 atom stereocenters. The van der Waals surface area contributed by atoms with Crippen LogP contribution in [0.15, 0.2) is 22.7 Å². The summed E-state index contributed by atoms with van der Waals surface area (Å²) >= 11 is 3.44. The van der Waals surface area contributed by atoms with E-state index in [1.807, 2.05) is 18.2 Å². The highest BCUT2D eigenvalue weighted by atomic mass is 79.9. The molecule has 0 spiro atoms. The number of nitrogens with one attached hydrogen (secondary N) is 1. The Morgan fingerprint density at radius 1 is 1.45 bits per heavy atom. The highest BCUT2D eigenvalue weighted by molar-refractivity contribution is 9.10. The maximum Gasteiger partial charge on any atom is 0.150 e. The Bertz CT molecular complexity index is 551. The van der Waals surface area contributed by atoms with E-state index in [4.69, 9.17) is 4.74 Å². The second-order valence-corrected chi connectivity index (χ2v) is 8.00. The van der Waals surface area contributed by atoms with Crippen LogP contribution in [0.2, 0.25) is 0 Å².